The summed E-state index contributed by atoms with van der Waals surface area (Å²) < 4.78 is 11.7. The second kappa shape index (κ2) is 11.1. The molecule has 0 aliphatic heterocycles. The van der Waals surface area contributed by atoms with Crippen molar-refractivity contribution in [1.29, 1.82) is 0 Å². The molecule has 168 valence electrons. The van der Waals surface area contributed by atoms with E-state index >= 15 is 0 Å². The fourth-order valence-electron chi connectivity index (χ4n) is 3.09. The molecule has 1 N–H and O–H groups in total. The van der Waals surface area contributed by atoms with Gasteiger partial charge in [0.25, 0.3) is 5.09 Å². The molecule has 1 unspecified atom stereocenters. The van der Waals surface area contributed by atoms with Crippen LogP contribution >= 0.6 is 0 Å². The third kappa shape index (κ3) is 6.68. The van der Waals surface area contributed by atoms with Gasteiger partial charge in [-0.1, -0.05) is 62.4 Å². The lowest BCUT2D eigenvalue weighted by atomic mass is 10.1. The van der Waals surface area contributed by atoms with Crippen LogP contribution in [0.15, 0.2) is 66.7 Å². The molecule has 0 amide bonds. The molecule has 0 bridgehead atoms. The summed E-state index contributed by atoms with van der Waals surface area (Å²) in [5.74, 6) is 0.229. The quantitative estimate of drug-likeness (QED) is 0.273. The average molecular weight is 438 g/mol. The van der Waals surface area contributed by atoms with E-state index in [1.807, 2.05) is 56.3 Å². The maximum Gasteiger partial charge on any atom is 0.338 e. The van der Waals surface area contributed by atoms with E-state index in [-0.39, 0.29) is 19.3 Å². The van der Waals surface area contributed by atoms with E-state index in [9.17, 15) is 14.9 Å². The topological polar surface area (TPSA) is 99.9 Å². The highest BCUT2D eigenvalue weighted by Crippen LogP contribution is 2.25. The first kappa shape index (κ1) is 23.0. The van der Waals surface area contributed by atoms with Gasteiger partial charge < -0.3 is 19.6 Å². The normalized spacial score (nSPS) is 11.8. The molecular formula is C24H26N2O6. The van der Waals surface area contributed by atoms with Crippen LogP contribution in [0.3, 0.4) is 0 Å². The summed E-state index contributed by atoms with van der Waals surface area (Å²) in [5.41, 5.74) is 0.921. The maximum absolute atomic E-state index is 12.7. The summed E-state index contributed by atoms with van der Waals surface area (Å²) in [5, 5.41) is 14.8. The van der Waals surface area contributed by atoms with Gasteiger partial charge in [0.05, 0.1) is 5.56 Å². The van der Waals surface area contributed by atoms with E-state index in [2.05, 4.69) is 10.2 Å². The Labute approximate surface area is 186 Å². The third-order valence-corrected chi connectivity index (χ3v) is 4.73. The molecule has 3 rings (SSSR count). The minimum atomic E-state index is -0.857. The molecule has 8 heteroatoms. The van der Waals surface area contributed by atoms with Crippen LogP contribution in [0.5, 0.6) is 5.75 Å². The summed E-state index contributed by atoms with van der Waals surface area (Å²) in [7, 11) is 0. The minimum Gasteiger partial charge on any atom is -0.489 e. The highest BCUT2D eigenvalue weighted by atomic mass is 16.9. The summed E-state index contributed by atoms with van der Waals surface area (Å²) in [6.45, 7) is 4.46. The van der Waals surface area contributed by atoms with Crippen molar-refractivity contribution in [3.63, 3.8) is 0 Å². The van der Waals surface area contributed by atoms with Gasteiger partial charge in [0.2, 0.25) is 0 Å². The standard InChI is InChI=1S/C24H26N2O6/c1-17(2)25-14-21(16-30-23-9-5-7-19-6-3-4-8-22(19)23)32-24(27)20-12-10-18(11-13-20)15-31-26(28)29/h3-13,17,21,25H,14-16H2,1-2H3. The number of carbonyl (C=O) groups is 1. The van der Waals surface area contributed by atoms with Crippen molar-refractivity contribution < 1.29 is 24.2 Å². The van der Waals surface area contributed by atoms with Crippen LogP contribution in [0, 0.1) is 10.1 Å². The van der Waals surface area contributed by atoms with Crippen LogP contribution in [0.25, 0.3) is 10.8 Å². The second-order valence-electron chi connectivity index (χ2n) is 7.57. The van der Waals surface area contributed by atoms with E-state index in [4.69, 9.17) is 9.47 Å². The van der Waals surface area contributed by atoms with Gasteiger partial charge in [0.1, 0.15) is 25.1 Å². The average Bonchev–Trinajstić information content (AvgIpc) is 2.79. The number of rotatable bonds is 11. The number of ether oxygens (including phenoxy) is 2. The molecule has 8 nitrogen and oxygen atoms in total. The fourth-order valence-corrected chi connectivity index (χ4v) is 3.09. The molecule has 0 heterocycles. The van der Waals surface area contributed by atoms with Gasteiger partial charge in [-0.25, -0.2) is 4.79 Å². The van der Waals surface area contributed by atoms with Crippen molar-refractivity contribution in [2.45, 2.75) is 32.6 Å². The number of hydrogen-bond acceptors (Lipinski definition) is 7. The number of nitrogens with zero attached hydrogens (tertiary/aromatic N) is 1. The number of nitrogens with one attached hydrogen (secondary N) is 1. The number of fused-ring (bicyclic) bond motifs is 1. The minimum absolute atomic E-state index is 0.178. The van der Waals surface area contributed by atoms with E-state index < -0.39 is 17.2 Å². The van der Waals surface area contributed by atoms with E-state index in [1.54, 1.807) is 24.3 Å². The molecule has 3 aromatic rings. The predicted octanol–water partition coefficient (Wildman–Crippen LogP) is 4.15. The van der Waals surface area contributed by atoms with Crippen molar-refractivity contribution in [3.05, 3.63) is 88.0 Å². The molecule has 0 radical (unpaired) electrons. The Morgan fingerprint density at radius 1 is 1.03 bits per heavy atom. The smallest absolute Gasteiger partial charge is 0.338 e. The van der Waals surface area contributed by atoms with Crippen molar-refractivity contribution in [2.75, 3.05) is 13.2 Å². The molecule has 0 aliphatic rings. The lowest BCUT2D eigenvalue weighted by Crippen LogP contribution is -2.38. The van der Waals surface area contributed by atoms with Gasteiger partial charge in [-0.15, -0.1) is 10.1 Å². The van der Waals surface area contributed by atoms with E-state index in [1.165, 1.54) is 0 Å². The van der Waals surface area contributed by atoms with E-state index in [0.29, 0.717) is 17.7 Å². The number of esters is 1. The Morgan fingerprint density at radius 3 is 2.47 bits per heavy atom. The molecule has 1 atom stereocenters. The van der Waals surface area contributed by atoms with Gasteiger partial charge in [-0.3, -0.25) is 0 Å². The number of carbonyl (C=O) groups excluding carboxylic acids is 1. The SMILES string of the molecule is CC(C)NCC(COc1cccc2ccccc12)OC(=O)c1ccc(CO[N+](=O)[O-])cc1. The molecule has 0 fully saturated rings. The fraction of sp³-hybridized carbons (Fsp3) is 0.292. The zero-order chi connectivity index (χ0) is 22.9. The Kier molecular flexibility index (Phi) is 7.99. The molecule has 0 spiro atoms. The highest BCUT2D eigenvalue weighted by molar-refractivity contribution is 5.89. The molecular weight excluding hydrogens is 412 g/mol. The first-order valence-electron chi connectivity index (χ1n) is 10.3. The Hall–Kier alpha value is -3.65. The molecule has 0 aliphatic carbocycles. The monoisotopic (exact) mass is 438 g/mol. The maximum atomic E-state index is 12.7. The predicted molar refractivity (Wildman–Crippen MR) is 120 cm³/mol. The van der Waals surface area contributed by atoms with Gasteiger partial charge in [-0.2, -0.15) is 0 Å². The summed E-state index contributed by atoms with van der Waals surface area (Å²) in [6, 6.07) is 20.3. The lowest BCUT2D eigenvalue weighted by Gasteiger charge is -2.21. The van der Waals surface area contributed by atoms with Crippen LogP contribution in [0.2, 0.25) is 0 Å². The van der Waals surface area contributed by atoms with Crippen molar-refractivity contribution in [2.24, 2.45) is 0 Å². The zero-order valence-electron chi connectivity index (χ0n) is 18.0. The van der Waals surface area contributed by atoms with Crippen LogP contribution in [-0.2, 0) is 16.2 Å². The van der Waals surface area contributed by atoms with Crippen LogP contribution < -0.4 is 10.1 Å². The largest absolute Gasteiger partial charge is 0.489 e. The summed E-state index contributed by atoms with van der Waals surface area (Å²) in [6.07, 6.45) is -0.513. The van der Waals surface area contributed by atoms with Gasteiger partial charge in [0, 0.05) is 18.0 Å². The Morgan fingerprint density at radius 2 is 1.75 bits per heavy atom. The van der Waals surface area contributed by atoms with Crippen LogP contribution in [0.4, 0.5) is 0 Å². The zero-order valence-corrected chi connectivity index (χ0v) is 18.0. The molecule has 0 saturated heterocycles. The number of hydrogen-bond donors (Lipinski definition) is 1. The Bertz CT molecular complexity index is 1050. The molecule has 0 aromatic heterocycles. The van der Waals surface area contributed by atoms with Gasteiger partial charge in [-0.05, 0) is 29.1 Å². The summed E-state index contributed by atoms with van der Waals surface area (Å²) >= 11 is 0. The van der Waals surface area contributed by atoms with Crippen molar-refractivity contribution in [1.82, 2.24) is 5.32 Å². The third-order valence-electron chi connectivity index (χ3n) is 4.73. The number of benzene rings is 3. The molecule has 32 heavy (non-hydrogen) atoms. The van der Waals surface area contributed by atoms with Crippen LogP contribution in [-0.4, -0.2) is 36.4 Å². The summed E-state index contributed by atoms with van der Waals surface area (Å²) in [4.78, 5) is 27.3. The highest BCUT2D eigenvalue weighted by Gasteiger charge is 2.18. The van der Waals surface area contributed by atoms with Gasteiger partial charge in [0.15, 0.2) is 0 Å². The van der Waals surface area contributed by atoms with Gasteiger partial charge >= 0.3 is 5.97 Å². The molecule has 0 saturated carbocycles. The lowest BCUT2D eigenvalue weighted by molar-refractivity contribution is -0.763. The van der Waals surface area contributed by atoms with Crippen molar-refractivity contribution in [3.8, 4) is 5.75 Å². The van der Waals surface area contributed by atoms with Crippen molar-refractivity contribution >= 4 is 16.7 Å². The van der Waals surface area contributed by atoms with Crippen LogP contribution in [0.1, 0.15) is 29.8 Å². The Balaban J connectivity index is 1.65. The first-order valence-corrected chi connectivity index (χ1v) is 10.3. The molecule has 3 aromatic carbocycles. The van der Waals surface area contributed by atoms with E-state index in [0.717, 1.165) is 16.5 Å². The first-order chi connectivity index (χ1) is 15.4. The second-order valence-corrected chi connectivity index (χ2v) is 7.57.